The van der Waals surface area contributed by atoms with Gasteiger partial charge in [-0.1, -0.05) is 32.0 Å². The number of carbonyl (C=O) groups is 1. The Bertz CT molecular complexity index is 744. The first kappa shape index (κ1) is 14.3. The molecule has 1 spiro atoms. The number of fused-ring (bicyclic) bond motifs is 1. The van der Waals surface area contributed by atoms with Crippen LogP contribution in [0.5, 0.6) is 5.75 Å². The molecule has 0 N–H and O–H groups in total. The second kappa shape index (κ2) is 5.11. The number of likely N-dealkylation sites (tertiary alicyclic amines) is 1. The van der Waals surface area contributed by atoms with Crippen molar-refractivity contribution in [1.29, 1.82) is 0 Å². The highest BCUT2D eigenvalue weighted by atomic mass is 16.5. The Morgan fingerprint density at radius 1 is 1.30 bits per heavy atom. The highest BCUT2D eigenvalue weighted by Gasteiger charge is 2.48. The predicted molar refractivity (Wildman–Crippen MR) is 84.6 cm³/mol. The summed E-state index contributed by atoms with van der Waals surface area (Å²) in [5.41, 5.74) is 1.73. The summed E-state index contributed by atoms with van der Waals surface area (Å²) < 4.78 is 11.3. The Kier molecular flexibility index (Phi) is 3.18. The van der Waals surface area contributed by atoms with E-state index in [2.05, 4.69) is 11.1 Å². The van der Waals surface area contributed by atoms with Crippen molar-refractivity contribution in [2.24, 2.45) is 5.41 Å². The number of aromatic nitrogens is 1. The lowest BCUT2D eigenvalue weighted by atomic mass is 9.74. The number of hydrogen-bond donors (Lipinski definition) is 0. The maximum atomic E-state index is 12.6. The van der Waals surface area contributed by atoms with Crippen LogP contribution >= 0.6 is 0 Å². The van der Waals surface area contributed by atoms with E-state index in [1.165, 1.54) is 12.0 Å². The topological polar surface area (TPSA) is 55.6 Å². The second-order valence-electron chi connectivity index (χ2n) is 6.95. The van der Waals surface area contributed by atoms with Crippen LogP contribution in [0.3, 0.4) is 0 Å². The molecular weight excluding hydrogens is 292 g/mol. The van der Waals surface area contributed by atoms with Crippen LogP contribution in [-0.2, 0) is 6.42 Å². The molecule has 5 nitrogen and oxygen atoms in total. The van der Waals surface area contributed by atoms with Gasteiger partial charge >= 0.3 is 0 Å². The lowest BCUT2D eigenvalue weighted by molar-refractivity contribution is -0.0294. The number of benzene rings is 1. The quantitative estimate of drug-likeness (QED) is 0.855. The van der Waals surface area contributed by atoms with E-state index >= 15 is 0 Å². The van der Waals surface area contributed by atoms with Gasteiger partial charge in [-0.15, -0.1) is 0 Å². The second-order valence-corrected chi connectivity index (χ2v) is 6.95. The molecule has 5 heteroatoms. The first-order chi connectivity index (χ1) is 11.1. The number of oxazole rings is 1. The summed E-state index contributed by atoms with van der Waals surface area (Å²) in [5.74, 6) is 1.76. The normalized spacial score (nSPS) is 18.5. The van der Waals surface area contributed by atoms with Crippen LogP contribution in [-0.4, -0.2) is 35.5 Å². The largest absolute Gasteiger partial charge is 0.493 e. The minimum atomic E-state index is -0.0352. The summed E-state index contributed by atoms with van der Waals surface area (Å²) in [4.78, 5) is 18.6. The van der Waals surface area contributed by atoms with Gasteiger partial charge in [-0.3, -0.25) is 4.79 Å². The van der Waals surface area contributed by atoms with E-state index in [1.807, 2.05) is 36.9 Å². The van der Waals surface area contributed by atoms with Gasteiger partial charge in [-0.05, 0) is 18.1 Å². The molecule has 2 aliphatic heterocycles. The molecule has 0 atom stereocenters. The van der Waals surface area contributed by atoms with Crippen LogP contribution < -0.4 is 4.74 Å². The summed E-state index contributed by atoms with van der Waals surface area (Å²) in [6.45, 7) is 6.10. The monoisotopic (exact) mass is 312 g/mol. The molecule has 0 radical (unpaired) electrons. The summed E-state index contributed by atoms with van der Waals surface area (Å²) in [6, 6.07) is 8.14. The molecule has 1 aromatic heterocycles. The minimum absolute atomic E-state index is 0.0352. The first-order valence-electron chi connectivity index (χ1n) is 8.01. The van der Waals surface area contributed by atoms with E-state index in [4.69, 9.17) is 9.15 Å². The SMILES string of the molecule is CC(C)c1ocnc1C(=O)N1CC2(COc3ccccc3C2)C1. The molecule has 1 fully saturated rings. The van der Waals surface area contributed by atoms with E-state index in [9.17, 15) is 4.79 Å². The number of hydrogen-bond acceptors (Lipinski definition) is 4. The zero-order valence-electron chi connectivity index (χ0n) is 13.4. The minimum Gasteiger partial charge on any atom is -0.493 e. The van der Waals surface area contributed by atoms with E-state index in [0.717, 1.165) is 12.2 Å². The maximum Gasteiger partial charge on any atom is 0.276 e. The Balaban J connectivity index is 1.48. The highest BCUT2D eigenvalue weighted by Crippen LogP contribution is 2.41. The van der Waals surface area contributed by atoms with Gasteiger partial charge in [0.05, 0.1) is 6.61 Å². The molecule has 120 valence electrons. The summed E-state index contributed by atoms with van der Waals surface area (Å²) in [7, 11) is 0. The maximum absolute atomic E-state index is 12.6. The number of nitrogens with zero attached hydrogens (tertiary/aromatic N) is 2. The smallest absolute Gasteiger partial charge is 0.276 e. The Labute approximate surface area is 135 Å². The molecule has 1 saturated heterocycles. The van der Waals surface area contributed by atoms with E-state index in [-0.39, 0.29) is 17.2 Å². The van der Waals surface area contributed by atoms with Gasteiger partial charge in [0.1, 0.15) is 11.5 Å². The van der Waals surface area contributed by atoms with Gasteiger partial charge in [0, 0.05) is 24.4 Å². The van der Waals surface area contributed by atoms with Gasteiger partial charge in [-0.2, -0.15) is 0 Å². The molecule has 0 bridgehead atoms. The molecule has 1 amide bonds. The molecule has 0 aliphatic carbocycles. The molecule has 2 aromatic rings. The van der Waals surface area contributed by atoms with E-state index in [0.29, 0.717) is 31.2 Å². The average molecular weight is 312 g/mol. The third-order valence-corrected chi connectivity index (χ3v) is 4.73. The summed E-state index contributed by atoms with van der Waals surface area (Å²) in [5, 5.41) is 0. The van der Waals surface area contributed by atoms with Crippen molar-refractivity contribution in [3.05, 3.63) is 47.7 Å². The Morgan fingerprint density at radius 2 is 2.09 bits per heavy atom. The van der Waals surface area contributed by atoms with Crippen molar-refractivity contribution in [2.45, 2.75) is 26.2 Å². The Hall–Kier alpha value is -2.30. The first-order valence-corrected chi connectivity index (χ1v) is 8.01. The number of amides is 1. The number of carbonyl (C=O) groups excluding carboxylic acids is 1. The average Bonchev–Trinajstić information content (AvgIpc) is 3.01. The van der Waals surface area contributed by atoms with Crippen LogP contribution in [0.2, 0.25) is 0 Å². The lowest BCUT2D eigenvalue weighted by Gasteiger charge is -2.51. The van der Waals surface area contributed by atoms with Crippen molar-refractivity contribution < 1.29 is 13.9 Å². The van der Waals surface area contributed by atoms with Crippen molar-refractivity contribution in [1.82, 2.24) is 9.88 Å². The summed E-state index contributed by atoms with van der Waals surface area (Å²) in [6.07, 6.45) is 2.32. The van der Waals surface area contributed by atoms with Gasteiger partial charge < -0.3 is 14.1 Å². The van der Waals surface area contributed by atoms with Crippen LogP contribution in [0.4, 0.5) is 0 Å². The zero-order valence-corrected chi connectivity index (χ0v) is 13.4. The number of ether oxygens (including phenoxy) is 1. The Morgan fingerprint density at radius 3 is 2.87 bits per heavy atom. The summed E-state index contributed by atoms with van der Waals surface area (Å²) >= 11 is 0. The fraction of sp³-hybridized carbons (Fsp3) is 0.444. The standard InChI is InChI=1S/C18H20N2O3/c1-12(2)16-15(19-11-23-16)17(21)20-8-18(9-20)7-13-5-3-4-6-14(13)22-10-18/h3-6,11-12H,7-10H2,1-2H3. The van der Waals surface area contributed by atoms with Crippen molar-refractivity contribution >= 4 is 5.91 Å². The molecule has 0 unspecified atom stereocenters. The van der Waals surface area contributed by atoms with Crippen LogP contribution in [0.1, 0.15) is 41.6 Å². The molecule has 0 saturated carbocycles. The lowest BCUT2D eigenvalue weighted by Crippen LogP contribution is -2.63. The van der Waals surface area contributed by atoms with Gasteiger partial charge in [0.2, 0.25) is 0 Å². The third-order valence-electron chi connectivity index (χ3n) is 4.73. The van der Waals surface area contributed by atoms with Crippen molar-refractivity contribution in [2.75, 3.05) is 19.7 Å². The zero-order chi connectivity index (χ0) is 16.0. The van der Waals surface area contributed by atoms with Crippen LogP contribution in [0.25, 0.3) is 0 Å². The fourth-order valence-corrected chi connectivity index (χ4v) is 3.56. The molecule has 4 rings (SSSR count). The molecular formula is C18H20N2O3. The number of para-hydroxylation sites is 1. The number of rotatable bonds is 2. The van der Waals surface area contributed by atoms with Gasteiger partial charge in [0.15, 0.2) is 12.1 Å². The van der Waals surface area contributed by atoms with Crippen LogP contribution in [0.15, 0.2) is 35.1 Å². The molecule has 3 heterocycles. The molecule has 2 aliphatic rings. The molecule has 23 heavy (non-hydrogen) atoms. The third kappa shape index (κ3) is 2.31. The molecule has 1 aromatic carbocycles. The van der Waals surface area contributed by atoms with Crippen LogP contribution in [0, 0.1) is 5.41 Å². The van der Waals surface area contributed by atoms with Gasteiger partial charge in [-0.25, -0.2) is 4.98 Å². The van der Waals surface area contributed by atoms with E-state index in [1.54, 1.807) is 0 Å². The van der Waals surface area contributed by atoms with Crippen molar-refractivity contribution in [3.8, 4) is 5.75 Å². The van der Waals surface area contributed by atoms with Crippen molar-refractivity contribution in [3.63, 3.8) is 0 Å². The van der Waals surface area contributed by atoms with Gasteiger partial charge in [0.25, 0.3) is 5.91 Å². The predicted octanol–water partition coefficient (Wildman–Crippen LogP) is 2.88. The van der Waals surface area contributed by atoms with E-state index < -0.39 is 0 Å². The highest BCUT2D eigenvalue weighted by molar-refractivity contribution is 5.94. The fourth-order valence-electron chi connectivity index (χ4n) is 3.56.